The molecule has 0 spiro atoms. The summed E-state index contributed by atoms with van der Waals surface area (Å²) in [6, 6.07) is 8.26. The number of fused-ring (bicyclic) bond motifs is 3. The van der Waals surface area contributed by atoms with E-state index in [0.717, 1.165) is 43.4 Å². The van der Waals surface area contributed by atoms with Gasteiger partial charge >= 0.3 is 6.09 Å². The van der Waals surface area contributed by atoms with Gasteiger partial charge in [0, 0.05) is 37.3 Å². The van der Waals surface area contributed by atoms with Gasteiger partial charge in [-0.3, -0.25) is 0 Å². The highest BCUT2D eigenvalue weighted by molar-refractivity contribution is 5.77. The van der Waals surface area contributed by atoms with Crippen LogP contribution in [-0.4, -0.2) is 42.3 Å². The summed E-state index contributed by atoms with van der Waals surface area (Å²) in [4.78, 5) is 17.1. The minimum atomic E-state index is -0.545. The van der Waals surface area contributed by atoms with E-state index in [1.807, 2.05) is 32.9 Å². The van der Waals surface area contributed by atoms with E-state index in [1.54, 1.807) is 4.90 Å². The Balaban J connectivity index is 1.57. The molecule has 3 heterocycles. The van der Waals surface area contributed by atoms with Crippen LogP contribution in [0.4, 0.5) is 19.3 Å². The minimum Gasteiger partial charge on any atom is -0.444 e. The van der Waals surface area contributed by atoms with E-state index < -0.39 is 17.2 Å². The fourth-order valence-electron chi connectivity index (χ4n) is 5.61. The first-order valence-corrected chi connectivity index (χ1v) is 11.6. The number of anilines is 1. The maximum atomic E-state index is 14.6. The summed E-state index contributed by atoms with van der Waals surface area (Å²) in [5.41, 5.74) is 3.58. The van der Waals surface area contributed by atoms with Crippen molar-refractivity contribution in [1.82, 2.24) is 4.90 Å². The Morgan fingerprint density at radius 1 is 1.09 bits per heavy atom. The van der Waals surface area contributed by atoms with Crippen LogP contribution in [0.15, 0.2) is 30.3 Å². The monoisotopic (exact) mass is 440 g/mol. The number of ether oxygens (including phenoxy) is 1. The lowest BCUT2D eigenvalue weighted by Gasteiger charge is -2.39. The van der Waals surface area contributed by atoms with Gasteiger partial charge in [0.2, 0.25) is 0 Å². The van der Waals surface area contributed by atoms with E-state index in [4.69, 9.17) is 4.74 Å². The van der Waals surface area contributed by atoms with Crippen molar-refractivity contribution in [2.24, 2.45) is 0 Å². The second-order valence-electron chi connectivity index (χ2n) is 10.2. The molecule has 4 nitrogen and oxygen atoms in total. The fourth-order valence-corrected chi connectivity index (χ4v) is 5.61. The van der Waals surface area contributed by atoms with Crippen molar-refractivity contribution >= 4 is 11.8 Å². The number of benzene rings is 2. The summed E-state index contributed by atoms with van der Waals surface area (Å²) < 4.78 is 34.9. The Bertz CT molecular complexity index is 1040. The van der Waals surface area contributed by atoms with Crippen molar-refractivity contribution in [2.45, 2.75) is 64.0 Å². The van der Waals surface area contributed by atoms with Crippen LogP contribution in [0.1, 0.15) is 57.1 Å². The number of likely N-dealkylation sites (tertiary alicyclic amines) is 1. The normalized spacial score (nSPS) is 22.3. The number of amides is 1. The Kier molecular flexibility index (Phi) is 5.14. The van der Waals surface area contributed by atoms with Crippen LogP contribution < -0.4 is 4.90 Å². The number of halogens is 2. The molecule has 0 N–H and O–H groups in total. The zero-order chi connectivity index (χ0) is 22.6. The van der Waals surface area contributed by atoms with Crippen molar-refractivity contribution in [2.75, 3.05) is 24.5 Å². The third kappa shape index (κ3) is 3.63. The lowest BCUT2D eigenvalue weighted by molar-refractivity contribution is 0.0189. The average Bonchev–Trinajstić information content (AvgIpc) is 2.87. The Labute approximate surface area is 188 Å². The van der Waals surface area contributed by atoms with Crippen LogP contribution >= 0.6 is 0 Å². The summed E-state index contributed by atoms with van der Waals surface area (Å²) in [5.74, 6) is -0.981. The molecule has 2 aromatic carbocycles. The average molecular weight is 441 g/mol. The highest BCUT2D eigenvalue weighted by Crippen LogP contribution is 2.50. The van der Waals surface area contributed by atoms with Crippen LogP contribution in [0.5, 0.6) is 0 Å². The van der Waals surface area contributed by atoms with Gasteiger partial charge < -0.3 is 14.5 Å². The number of aryl methyl sites for hydroxylation is 1. The van der Waals surface area contributed by atoms with E-state index in [-0.39, 0.29) is 17.6 Å². The fraction of sp³-hybridized carbons (Fsp3) is 0.500. The van der Waals surface area contributed by atoms with Crippen molar-refractivity contribution in [3.8, 4) is 11.1 Å². The van der Waals surface area contributed by atoms with Gasteiger partial charge in [0.1, 0.15) is 17.2 Å². The van der Waals surface area contributed by atoms with Crippen LogP contribution in [0, 0.1) is 11.6 Å². The quantitative estimate of drug-likeness (QED) is 0.555. The van der Waals surface area contributed by atoms with Gasteiger partial charge in [0.15, 0.2) is 0 Å². The number of carbonyl (C=O) groups is 1. The van der Waals surface area contributed by atoms with Crippen molar-refractivity contribution in [1.29, 1.82) is 0 Å². The number of hydrogen-bond donors (Lipinski definition) is 0. The molecule has 1 fully saturated rings. The molecule has 0 aliphatic carbocycles. The minimum absolute atomic E-state index is 0.0330. The van der Waals surface area contributed by atoms with Crippen LogP contribution in [0.25, 0.3) is 11.1 Å². The summed E-state index contributed by atoms with van der Waals surface area (Å²) in [6.45, 7) is 7.82. The third-order valence-electron chi connectivity index (χ3n) is 6.88. The molecule has 1 amide bonds. The maximum absolute atomic E-state index is 14.6. The lowest BCUT2D eigenvalue weighted by Crippen LogP contribution is -2.49. The predicted molar refractivity (Wildman–Crippen MR) is 121 cm³/mol. The molecule has 0 unspecified atom stereocenters. The molecular formula is C26H30F2N2O2. The van der Waals surface area contributed by atoms with Crippen molar-refractivity contribution in [3.05, 3.63) is 53.1 Å². The number of nitrogens with zero attached hydrogens (tertiary/aromatic N) is 2. The third-order valence-corrected chi connectivity index (χ3v) is 6.88. The van der Waals surface area contributed by atoms with Crippen molar-refractivity contribution < 1.29 is 18.3 Å². The van der Waals surface area contributed by atoms with Crippen LogP contribution in [0.2, 0.25) is 0 Å². The standard InChI is InChI=1S/C26H30F2N2O2/c1-26(2,3)32-25(31)29-12-10-22-19(15-29)18-14-17(23-20(27)8-6-9-21(23)28)13-16-7-4-5-11-30(22)24(16)18/h6,8-9,13-14,19,22H,4-5,7,10-12,15H2,1-3H3/t19-,22-/m0/s1. The number of carbonyl (C=O) groups excluding carboxylic acids is 1. The molecule has 32 heavy (non-hydrogen) atoms. The van der Waals surface area contributed by atoms with Crippen molar-refractivity contribution in [3.63, 3.8) is 0 Å². The first-order chi connectivity index (χ1) is 15.2. The molecule has 1 saturated heterocycles. The highest BCUT2D eigenvalue weighted by atomic mass is 19.1. The molecule has 170 valence electrons. The molecular weight excluding hydrogens is 410 g/mol. The molecule has 0 radical (unpaired) electrons. The number of rotatable bonds is 1. The Morgan fingerprint density at radius 3 is 2.56 bits per heavy atom. The molecule has 0 aromatic heterocycles. The first kappa shape index (κ1) is 21.2. The van der Waals surface area contributed by atoms with Crippen LogP contribution in [-0.2, 0) is 11.2 Å². The zero-order valence-electron chi connectivity index (χ0n) is 19.0. The van der Waals surface area contributed by atoms with E-state index in [0.29, 0.717) is 24.7 Å². The van der Waals surface area contributed by atoms with Gasteiger partial charge in [0.25, 0.3) is 0 Å². The highest BCUT2D eigenvalue weighted by Gasteiger charge is 2.45. The maximum Gasteiger partial charge on any atom is 0.410 e. The first-order valence-electron chi connectivity index (χ1n) is 11.6. The smallest absolute Gasteiger partial charge is 0.410 e. The van der Waals surface area contributed by atoms with E-state index in [1.165, 1.54) is 23.9 Å². The van der Waals surface area contributed by atoms with Gasteiger partial charge in [-0.25, -0.2) is 13.6 Å². The Hall–Kier alpha value is -2.63. The van der Waals surface area contributed by atoms with E-state index in [2.05, 4.69) is 4.90 Å². The summed E-state index contributed by atoms with van der Waals surface area (Å²) in [6.07, 6.45) is 3.63. The van der Waals surface area contributed by atoms with Gasteiger partial charge in [-0.1, -0.05) is 6.07 Å². The zero-order valence-corrected chi connectivity index (χ0v) is 19.0. The molecule has 2 atom stereocenters. The van der Waals surface area contributed by atoms with Gasteiger partial charge in [-0.2, -0.15) is 0 Å². The van der Waals surface area contributed by atoms with Gasteiger partial charge in [-0.15, -0.1) is 0 Å². The largest absolute Gasteiger partial charge is 0.444 e. The molecule has 3 aliphatic rings. The Morgan fingerprint density at radius 2 is 1.84 bits per heavy atom. The molecule has 5 rings (SSSR count). The number of hydrogen-bond acceptors (Lipinski definition) is 3. The van der Waals surface area contributed by atoms with Crippen LogP contribution in [0.3, 0.4) is 0 Å². The molecule has 0 bridgehead atoms. The SMILES string of the molecule is CC(C)(C)OC(=O)N1CC[C@H]2[C@@H](C1)c1cc(-c3c(F)cccc3F)cc3c1N2CCCC3. The number of piperidine rings is 1. The molecule has 2 aromatic rings. The lowest BCUT2D eigenvalue weighted by atomic mass is 9.86. The summed E-state index contributed by atoms with van der Waals surface area (Å²) in [5, 5.41) is 0. The second kappa shape index (κ2) is 7.75. The van der Waals surface area contributed by atoms with Gasteiger partial charge in [-0.05, 0) is 87.4 Å². The predicted octanol–water partition coefficient (Wildman–Crippen LogP) is 5.88. The van der Waals surface area contributed by atoms with E-state index >= 15 is 0 Å². The topological polar surface area (TPSA) is 32.8 Å². The molecule has 0 saturated carbocycles. The van der Waals surface area contributed by atoms with E-state index in [9.17, 15) is 13.6 Å². The summed E-state index contributed by atoms with van der Waals surface area (Å²) in [7, 11) is 0. The second-order valence-corrected chi connectivity index (χ2v) is 10.2. The summed E-state index contributed by atoms with van der Waals surface area (Å²) >= 11 is 0. The van der Waals surface area contributed by atoms with Gasteiger partial charge in [0.05, 0.1) is 5.56 Å². The molecule has 3 aliphatic heterocycles. The molecule has 6 heteroatoms.